The van der Waals surface area contributed by atoms with Crippen LogP contribution in [0.25, 0.3) is 10.8 Å². The number of rotatable bonds is 5. The minimum atomic E-state index is -3.78. The lowest BCUT2D eigenvalue weighted by molar-refractivity contribution is -0.142. The molecule has 1 saturated carbocycles. The molecule has 5 N–H and O–H groups in total. The molecule has 0 amide bonds. The van der Waals surface area contributed by atoms with Crippen molar-refractivity contribution < 1.29 is 18.3 Å². The van der Waals surface area contributed by atoms with E-state index in [4.69, 9.17) is 28.0 Å². The Morgan fingerprint density at radius 2 is 1.96 bits per heavy atom. The number of carboxylic acids is 1. The largest absolute Gasteiger partial charge is 0.481 e. The smallest absolute Gasteiger partial charge is 0.306 e. The summed E-state index contributed by atoms with van der Waals surface area (Å²) in [5.41, 5.74) is 5.77. The fourth-order valence-corrected chi connectivity index (χ4v) is 4.81. The van der Waals surface area contributed by atoms with E-state index in [9.17, 15) is 13.2 Å². The number of benzene rings is 1. The van der Waals surface area contributed by atoms with Crippen LogP contribution in [0, 0.1) is 11.3 Å². The van der Waals surface area contributed by atoms with Crippen LogP contribution in [0.3, 0.4) is 0 Å². The van der Waals surface area contributed by atoms with Gasteiger partial charge in [0.1, 0.15) is 0 Å². The number of anilines is 1. The van der Waals surface area contributed by atoms with E-state index in [2.05, 4.69) is 9.71 Å². The summed E-state index contributed by atoms with van der Waals surface area (Å²) in [4.78, 5) is 15.1. The van der Waals surface area contributed by atoms with Crippen LogP contribution >= 0.6 is 11.8 Å². The molecule has 0 radical (unpaired) electrons. The summed E-state index contributed by atoms with van der Waals surface area (Å²) in [6, 6.07) is 4.21. The number of aromatic nitrogens is 1. The first kappa shape index (κ1) is 20.3. The molecule has 2 aromatic rings. The van der Waals surface area contributed by atoms with Gasteiger partial charge in [0.25, 0.3) is 0 Å². The number of aliphatic carboxylic acids is 1. The quantitative estimate of drug-likeness (QED) is 0.325. The van der Waals surface area contributed by atoms with Crippen molar-refractivity contribution in [2.75, 3.05) is 4.42 Å². The lowest BCUT2D eigenvalue weighted by Crippen LogP contribution is -2.38. The molecule has 1 aliphatic carbocycles. The molecular formula is C17H20ClN5O4S. The molecule has 9 nitrogen and oxygen atoms in total. The SMILES string of the molecule is N=C(N)N(Cl)c1cncc2cc(S(=O)(=O)NC3CCC(C(=O)O)CC3)ccc12. The minimum Gasteiger partial charge on any atom is -0.481 e. The maximum absolute atomic E-state index is 12.7. The van der Waals surface area contributed by atoms with E-state index in [1.54, 1.807) is 6.07 Å². The van der Waals surface area contributed by atoms with Gasteiger partial charge in [0.05, 0.1) is 22.7 Å². The fourth-order valence-electron chi connectivity index (χ4n) is 3.34. The van der Waals surface area contributed by atoms with Gasteiger partial charge in [0.2, 0.25) is 16.0 Å². The number of hydrogen-bond donors (Lipinski definition) is 4. The van der Waals surface area contributed by atoms with Crippen molar-refractivity contribution >= 4 is 50.2 Å². The molecule has 0 unspecified atom stereocenters. The maximum Gasteiger partial charge on any atom is 0.306 e. The number of nitrogens with zero attached hydrogens (tertiary/aromatic N) is 2. The third-order valence-electron chi connectivity index (χ3n) is 4.84. The average molecular weight is 426 g/mol. The standard InChI is InChI=1S/C17H20ClN5O4S/c18-23(17(19)20)15-9-21-8-11-7-13(5-6-14(11)15)28(26,27)22-12-3-1-10(2-4-12)16(24)25/h5-10,12,22H,1-4H2,(H3,19,20)(H,24,25). The number of halogens is 1. The molecule has 1 heterocycles. The van der Waals surface area contributed by atoms with E-state index in [1.165, 1.54) is 24.5 Å². The van der Waals surface area contributed by atoms with Crippen LogP contribution in [0.1, 0.15) is 25.7 Å². The highest BCUT2D eigenvalue weighted by Crippen LogP contribution is 2.30. The lowest BCUT2D eigenvalue weighted by atomic mass is 9.87. The first-order valence-corrected chi connectivity index (χ1v) is 10.4. The fraction of sp³-hybridized carbons (Fsp3) is 0.353. The Bertz CT molecular complexity index is 1020. The molecule has 0 atom stereocenters. The first-order chi connectivity index (χ1) is 13.2. The van der Waals surface area contributed by atoms with Gasteiger partial charge in [-0.2, -0.15) is 0 Å². The number of guanidine groups is 1. The van der Waals surface area contributed by atoms with E-state index < -0.39 is 21.9 Å². The molecule has 3 rings (SSSR count). The van der Waals surface area contributed by atoms with E-state index in [0.717, 1.165) is 4.42 Å². The monoisotopic (exact) mass is 425 g/mol. The Labute approximate surface area is 167 Å². The number of hydrogen-bond acceptors (Lipinski definition) is 5. The van der Waals surface area contributed by atoms with Gasteiger partial charge in [0.15, 0.2) is 0 Å². The normalized spacial score (nSPS) is 20.0. The van der Waals surface area contributed by atoms with E-state index in [-0.39, 0.29) is 16.9 Å². The molecule has 1 aromatic carbocycles. The van der Waals surface area contributed by atoms with Crippen LogP contribution in [0.4, 0.5) is 5.69 Å². The summed E-state index contributed by atoms with van der Waals surface area (Å²) in [7, 11) is -3.78. The number of carbonyl (C=O) groups is 1. The van der Waals surface area contributed by atoms with E-state index in [0.29, 0.717) is 42.1 Å². The zero-order valence-corrected chi connectivity index (χ0v) is 16.4. The molecule has 1 aliphatic rings. The minimum absolute atomic E-state index is 0.0725. The summed E-state index contributed by atoms with van der Waals surface area (Å²) < 4.78 is 29.1. The number of sulfonamides is 1. The average Bonchev–Trinajstić information content (AvgIpc) is 2.66. The number of carboxylic acid groups (broad SMARTS) is 1. The maximum atomic E-state index is 12.7. The van der Waals surface area contributed by atoms with Crippen LogP contribution in [0.15, 0.2) is 35.5 Å². The highest BCUT2D eigenvalue weighted by Gasteiger charge is 2.29. The Kier molecular flexibility index (Phi) is 5.73. The van der Waals surface area contributed by atoms with Gasteiger partial charge in [-0.05, 0) is 37.8 Å². The Hall–Kier alpha value is -2.43. The second-order valence-corrected chi connectivity index (χ2v) is 8.77. The van der Waals surface area contributed by atoms with Gasteiger partial charge < -0.3 is 10.8 Å². The summed E-state index contributed by atoms with van der Waals surface area (Å²) in [5.74, 6) is -1.63. The molecular weight excluding hydrogens is 406 g/mol. The third-order valence-corrected chi connectivity index (χ3v) is 6.72. The topological polar surface area (TPSA) is 149 Å². The first-order valence-electron chi connectivity index (χ1n) is 8.62. The summed E-state index contributed by atoms with van der Waals surface area (Å²) >= 11 is 5.98. The number of pyridine rings is 1. The zero-order chi connectivity index (χ0) is 20.5. The van der Waals surface area contributed by atoms with Gasteiger partial charge in [-0.15, -0.1) is 0 Å². The van der Waals surface area contributed by atoms with E-state index >= 15 is 0 Å². The molecule has 28 heavy (non-hydrogen) atoms. The lowest BCUT2D eigenvalue weighted by Gasteiger charge is -2.26. The molecule has 150 valence electrons. The number of nitrogens with two attached hydrogens (primary N) is 1. The Morgan fingerprint density at radius 3 is 2.57 bits per heavy atom. The molecule has 0 aliphatic heterocycles. The second kappa shape index (κ2) is 7.90. The van der Waals surface area contributed by atoms with Crippen LogP contribution in [-0.2, 0) is 14.8 Å². The highest BCUT2D eigenvalue weighted by molar-refractivity contribution is 7.89. The third kappa shape index (κ3) is 4.18. The van der Waals surface area contributed by atoms with E-state index in [1.807, 2.05) is 0 Å². The molecule has 11 heteroatoms. The van der Waals surface area contributed by atoms with Gasteiger partial charge in [-0.3, -0.25) is 15.2 Å². The molecule has 0 spiro atoms. The van der Waals surface area contributed by atoms with Crippen LogP contribution in [-0.4, -0.2) is 36.5 Å². The summed E-state index contributed by atoms with van der Waals surface area (Å²) in [6.45, 7) is 0. The van der Waals surface area contributed by atoms with Crippen molar-refractivity contribution in [2.24, 2.45) is 11.7 Å². The van der Waals surface area contributed by atoms with Crippen LogP contribution in [0.5, 0.6) is 0 Å². The molecule has 1 aromatic heterocycles. The van der Waals surface area contributed by atoms with Gasteiger partial charge in [-0.1, -0.05) is 6.07 Å². The van der Waals surface area contributed by atoms with Gasteiger partial charge >= 0.3 is 5.97 Å². The van der Waals surface area contributed by atoms with Crippen molar-refractivity contribution in [3.05, 3.63) is 30.6 Å². The zero-order valence-electron chi connectivity index (χ0n) is 14.8. The van der Waals surface area contributed by atoms with Crippen LogP contribution < -0.4 is 14.9 Å². The van der Waals surface area contributed by atoms with Crippen molar-refractivity contribution in [3.8, 4) is 0 Å². The van der Waals surface area contributed by atoms with Crippen molar-refractivity contribution in [3.63, 3.8) is 0 Å². The van der Waals surface area contributed by atoms with Gasteiger partial charge in [0, 0.05) is 34.8 Å². The highest BCUT2D eigenvalue weighted by atomic mass is 35.5. The molecule has 0 saturated heterocycles. The number of fused-ring (bicyclic) bond motifs is 1. The van der Waals surface area contributed by atoms with Crippen LogP contribution in [0.2, 0.25) is 0 Å². The van der Waals surface area contributed by atoms with Crippen molar-refractivity contribution in [1.82, 2.24) is 9.71 Å². The Balaban J connectivity index is 1.83. The predicted octanol–water partition coefficient (Wildman–Crippen LogP) is 2.01. The Morgan fingerprint density at radius 1 is 1.29 bits per heavy atom. The van der Waals surface area contributed by atoms with Crippen molar-refractivity contribution in [2.45, 2.75) is 36.6 Å². The molecule has 1 fully saturated rings. The molecule has 0 bridgehead atoms. The summed E-state index contributed by atoms with van der Waals surface area (Å²) in [5, 5.41) is 17.6. The second-order valence-electron chi connectivity index (χ2n) is 6.72. The van der Waals surface area contributed by atoms with Crippen molar-refractivity contribution in [1.29, 1.82) is 5.41 Å². The summed E-state index contributed by atoms with van der Waals surface area (Å²) in [6.07, 6.45) is 4.80. The number of nitrogens with one attached hydrogen (secondary N) is 2. The van der Waals surface area contributed by atoms with Gasteiger partial charge in [-0.25, -0.2) is 17.6 Å². The predicted molar refractivity (Wildman–Crippen MR) is 106 cm³/mol.